The smallest absolute Gasteiger partial charge is 0.229 e. The molecule has 6 heteroatoms. The third-order valence-electron chi connectivity index (χ3n) is 4.89. The zero-order chi connectivity index (χ0) is 17.8. The molecular weight excluding hydrogens is 324 g/mol. The zero-order valence-electron chi connectivity index (χ0n) is 15.1. The van der Waals surface area contributed by atoms with E-state index in [-0.39, 0.29) is 0 Å². The second kappa shape index (κ2) is 7.85. The number of rotatable bonds is 7. The lowest BCUT2D eigenvalue weighted by Crippen LogP contribution is -2.18. The van der Waals surface area contributed by atoms with E-state index in [1.54, 1.807) is 0 Å². The quantitative estimate of drug-likeness (QED) is 0.685. The van der Waals surface area contributed by atoms with Crippen molar-refractivity contribution in [1.82, 2.24) is 19.4 Å². The normalized spacial score (nSPS) is 15.0. The lowest BCUT2D eigenvalue weighted by molar-refractivity contribution is 0.331. The van der Waals surface area contributed by atoms with E-state index in [0.717, 1.165) is 36.2 Å². The summed E-state index contributed by atoms with van der Waals surface area (Å²) in [5, 5.41) is 4.41. The molecule has 3 heterocycles. The van der Waals surface area contributed by atoms with Crippen molar-refractivity contribution in [3.8, 4) is 0 Å². The van der Waals surface area contributed by atoms with Gasteiger partial charge in [-0.25, -0.2) is 4.98 Å². The SMILES string of the molecule is NCCCn1ccc2cnc(Nc3cccc(CN4CCCC4)c3)nc21. The summed E-state index contributed by atoms with van der Waals surface area (Å²) in [6.45, 7) is 4.98. The highest BCUT2D eigenvalue weighted by atomic mass is 15.1. The first-order valence-corrected chi connectivity index (χ1v) is 9.42. The summed E-state index contributed by atoms with van der Waals surface area (Å²) in [4.78, 5) is 11.7. The number of likely N-dealkylation sites (tertiary alicyclic amines) is 1. The van der Waals surface area contributed by atoms with Crippen LogP contribution < -0.4 is 11.1 Å². The van der Waals surface area contributed by atoms with Gasteiger partial charge >= 0.3 is 0 Å². The molecule has 1 aliphatic rings. The highest BCUT2D eigenvalue weighted by molar-refractivity contribution is 5.76. The summed E-state index contributed by atoms with van der Waals surface area (Å²) >= 11 is 0. The van der Waals surface area contributed by atoms with Gasteiger partial charge in [-0.1, -0.05) is 12.1 Å². The summed E-state index contributed by atoms with van der Waals surface area (Å²) in [6.07, 6.45) is 7.49. The molecule has 1 fully saturated rings. The summed E-state index contributed by atoms with van der Waals surface area (Å²) in [5.74, 6) is 0.628. The molecule has 3 N–H and O–H groups in total. The molecule has 0 bridgehead atoms. The molecule has 0 saturated carbocycles. The van der Waals surface area contributed by atoms with Gasteiger partial charge in [0.15, 0.2) is 0 Å². The van der Waals surface area contributed by atoms with Gasteiger partial charge in [0.2, 0.25) is 5.95 Å². The summed E-state index contributed by atoms with van der Waals surface area (Å²) in [5.41, 5.74) is 8.93. The Kier molecular flexibility index (Phi) is 5.13. The van der Waals surface area contributed by atoms with E-state index < -0.39 is 0 Å². The van der Waals surface area contributed by atoms with Gasteiger partial charge < -0.3 is 15.6 Å². The molecule has 136 valence electrons. The van der Waals surface area contributed by atoms with Crippen molar-refractivity contribution in [2.45, 2.75) is 32.4 Å². The lowest BCUT2D eigenvalue weighted by atomic mass is 10.2. The molecule has 0 unspecified atom stereocenters. The minimum Gasteiger partial charge on any atom is -0.332 e. The van der Waals surface area contributed by atoms with E-state index in [4.69, 9.17) is 10.7 Å². The van der Waals surface area contributed by atoms with E-state index in [1.807, 2.05) is 12.3 Å². The number of nitrogens with zero attached hydrogens (tertiary/aromatic N) is 4. The summed E-state index contributed by atoms with van der Waals surface area (Å²) in [7, 11) is 0. The highest BCUT2D eigenvalue weighted by Crippen LogP contribution is 2.20. The Morgan fingerprint density at radius 1 is 1.15 bits per heavy atom. The van der Waals surface area contributed by atoms with Crippen molar-refractivity contribution in [1.29, 1.82) is 0 Å². The second-order valence-electron chi connectivity index (χ2n) is 6.93. The molecule has 1 saturated heterocycles. The van der Waals surface area contributed by atoms with Crippen LogP contribution in [-0.4, -0.2) is 39.1 Å². The number of hydrogen-bond donors (Lipinski definition) is 2. The van der Waals surface area contributed by atoms with Crippen LogP contribution in [0.4, 0.5) is 11.6 Å². The molecule has 0 aliphatic carbocycles. The average molecular weight is 350 g/mol. The van der Waals surface area contributed by atoms with Crippen LogP contribution in [0, 0.1) is 0 Å². The van der Waals surface area contributed by atoms with Gasteiger partial charge in [0, 0.05) is 36.6 Å². The number of hydrogen-bond acceptors (Lipinski definition) is 5. The van der Waals surface area contributed by atoms with Crippen LogP contribution in [0.5, 0.6) is 0 Å². The van der Waals surface area contributed by atoms with Crippen molar-refractivity contribution < 1.29 is 0 Å². The Labute approximate surface area is 154 Å². The average Bonchev–Trinajstić information content (AvgIpc) is 3.30. The van der Waals surface area contributed by atoms with Crippen molar-refractivity contribution >= 4 is 22.7 Å². The number of benzene rings is 1. The molecular formula is C20H26N6. The predicted octanol–water partition coefficient (Wildman–Crippen LogP) is 3.12. The van der Waals surface area contributed by atoms with Crippen molar-refractivity contribution in [2.24, 2.45) is 5.73 Å². The number of fused-ring (bicyclic) bond motifs is 1. The largest absolute Gasteiger partial charge is 0.332 e. The Bertz CT molecular complexity index is 866. The number of nitrogens with one attached hydrogen (secondary N) is 1. The molecule has 0 radical (unpaired) electrons. The first kappa shape index (κ1) is 17.0. The van der Waals surface area contributed by atoms with Crippen LogP contribution >= 0.6 is 0 Å². The predicted molar refractivity (Wildman–Crippen MR) is 105 cm³/mol. The monoisotopic (exact) mass is 350 g/mol. The standard InChI is InChI=1S/C20H26N6/c21-8-4-11-26-12-7-17-14-22-20(24-19(17)26)23-18-6-3-5-16(13-18)15-25-9-1-2-10-25/h3,5-7,12-14H,1-2,4,8-11,15,21H2,(H,22,23,24). The minimum atomic E-state index is 0.628. The lowest BCUT2D eigenvalue weighted by Gasteiger charge is -2.15. The molecule has 2 aromatic heterocycles. The van der Waals surface area contributed by atoms with Gasteiger partial charge in [0.25, 0.3) is 0 Å². The van der Waals surface area contributed by atoms with E-state index in [0.29, 0.717) is 12.5 Å². The van der Waals surface area contributed by atoms with Gasteiger partial charge in [-0.15, -0.1) is 0 Å². The molecule has 0 amide bonds. The first-order chi connectivity index (χ1) is 12.8. The maximum atomic E-state index is 5.63. The molecule has 0 spiro atoms. The summed E-state index contributed by atoms with van der Waals surface area (Å²) in [6, 6.07) is 10.6. The zero-order valence-corrected chi connectivity index (χ0v) is 15.1. The molecule has 4 rings (SSSR count). The third kappa shape index (κ3) is 3.86. The summed E-state index contributed by atoms with van der Waals surface area (Å²) < 4.78 is 2.14. The van der Waals surface area contributed by atoms with Crippen molar-refractivity contribution in [2.75, 3.05) is 25.0 Å². The first-order valence-electron chi connectivity index (χ1n) is 9.42. The van der Waals surface area contributed by atoms with Crippen molar-refractivity contribution in [3.05, 3.63) is 48.3 Å². The van der Waals surface area contributed by atoms with E-state index >= 15 is 0 Å². The fourth-order valence-corrected chi connectivity index (χ4v) is 3.55. The van der Waals surface area contributed by atoms with Gasteiger partial charge in [0.05, 0.1) is 0 Å². The number of aryl methyl sites for hydroxylation is 1. The van der Waals surface area contributed by atoms with Crippen molar-refractivity contribution in [3.63, 3.8) is 0 Å². The highest BCUT2D eigenvalue weighted by Gasteiger charge is 2.12. The Balaban J connectivity index is 1.51. The van der Waals surface area contributed by atoms with E-state index in [2.05, 4.69) is 50.2 Å². The van der Waals surface area contributed by atoms with Gasteiger partial charge in [-0.3, -0.25) is 4.90 Å². The van der Waals surface area contributed by atoms with Gasteiger partial charge in [-0.2, -0.15) is 4.98 Å². The second-order valence-corrected chi connectivity index (χ2v) is 6.93. The Morgan fingerprint density at radius 3 is 2.88 bits per heavy atom. The van der Waals surface area contributed by atoms with E-state index in [1.165, 1.54) is 31.5 Å². The fraction of sp³-hybridized carbons (Fsp3) is 0.400. The molecule has 1 aliphatic heterocycles. The van der Waals surface area contributed by atoms with Crippen LogP contribution in [0.2, 0.25) is 0 Å². The molecule has 3 aromatic rings. The van der Waals surface area contributed by atoms with Crippen LogP contribution in [0.3, 0.4) is 0 Å². The maximum absolute atomic E-state index is 5.63. The number of aromatic nitrogens is 3. The molecule has 6 nitrogen and oxygen atoms in total. The van der Waals surface area contributed by atoms with Gasteiger partial charge in [0.1, 0.15) is 5.65 Å². The third-order valence-corrected chi connectivity index (χ3v) is 4.89. The van der Waals surface area contributed by atoms with Crippen LogP contribution in [0.15, 0.2) is 42.7 Å². The topological polar surface area (TPSA) is 72.0 Å². The Hall–Kier alpha value is -2.44. The van der Waals surface area contributed by atoms with Crippen LogP contribution in [0.25, 0.3) is 11.0 Å². The number of nitrogens with two attached hydrogens (primary N) is 1. The molecule has 1 aromatic carbocycles. The molecule has 0 atom stereocenters. The fourth-order valence-electron chi connectivity index (χ4n) is 3.55. The maximum Gasteiger partial charge on any atom is 0.229 e. The number of anilines is 2. The minimum absolute atomic E-state index is 0.628. The van der Waals surface area contributed by atoms with Crippen LogP contribution in [-0.2, 0) is 13.1 Å². The molecule has 26 heavy (non-hydrogen) atoms. The van der Waals surface area contributed by atoms with E-state index in [9.17, 15) is 0 Å². The van der Waals surface area contributed by atoms with Gasteiger partial charge in [-0.05, 0) is 62.7 Å². The Morgan fingerprint density at radius 2 is 2.04 bits per heavy atom. The van der Waals surface area contributed by atoms with Crippen LogP contribution in [0.1, 0.15) is 24.8 Å².